The molecule has 2 amide bonds. The molecular weight excluding hydrogens is 384 g/mol. The summed E-state index contributed by atoms with van der Waals surface area (Å²) in [4.78, 5) is 26.5. The minimum absolute atomic E-state index is 0.0139. The summed E-state index contributed by atoms with van der Waals surface area (Å²) in [5, 5.41) is 2.79. The second-order valence-corrected chi connectivity index (χ2v) is 8.06. The van der Waals surface area contributed by atoms with Gasteiger partial charge in [0.2, 0.25) is 0 Å². The number of hydrogen-bond acceptors (Lipinski definition) is 5. The molecule has 2 aromatic rings. The highest BCUT2D eigenvalue weighted by Crippen LogP contribution is 2.38. The van der Waals surface area contributed by atoms with E-state index >= 15 is 0 Å². The Labute approximate surface area is 177 Å². The summed E-state index contributed by atoms with van der Waals surface area (Å²) in [6, 6.07) is 9.34. The van der Waals surface area contributed by atoms with Gasteiger partial charge in [0.15, 0.2) is 12.4 Å². The van der Waals surface area contributed by atoms with Crippen molar-refractivity contribution in [1.82, 2.24) is 5.32 Å². The number of methoxy groups -OCH3 is 1. The second-order valence-electron chi connectivity index (χ2n) is 8.06. The van der Waals surface area contributed by atoms with Crippen LogP contribution in [-0.4, -0.2) is 38.7 Å². The van der Waals surface area contributed by atoms with Crippen LogP contribution in [0.5, 0.6) is 5.75 Å². The molecule has 0 radical (unpaired) electrons. The predicted octanol–water partition coefficient (Wildman–Crippen LogP) is 3.66. The highest BCUT2D eigenvalue weighted by atomic mass is 16.5. The van der Waals surface area contributed by atoms with Gasteiger partial charge in [-0.25, -0.2) is 0 Å². The van der Waals surface area contributed by atoms with Crippen LogP contribution < -0.4 is 15.0 Å². The molecule has 0 atom stereocenters. The Kier molecular flexibility index (Phi) is 6.82. The van der Waals surface area contributed by atoms with Gasteiger partial charge in [-0.15, -0.1) is 0 Å². The van der Waals surface area contributed by atoms with E-state index in [4.69, 9.17) is 13.9 Å². The molecule has 1 aliphatic rings. The molecule has 0 fully saturated rings. The van der Waals surface area contributed by atoms with Crippen molar-refractivity contribution in [3.05, 3.63) is 47.4 Å². The summed E-state index contributed by atoms with van der Waals surface area (Å²) in [7, 11) is 1.62. The van der Waals surface area contributed by atoms with E-state index < -0.39 is 0 Å². The molecule has 0 spiro atoms. The van der Waals surface area contributed by atoms with E-state index in [1.54, 1.807) is 24.1 Å². The summed E-state index contributed by atoms with van der Waals surface area (Å²) in [6.07, 6.45) is 1.70. The number of furan rings is 1. The first-order valence-corrected chi connectivity index (χ1v) is 10.3. The standard InChI is InChI=1S/C23H30N2O5/c1-5-23(2,3)16-7-9-19-18(13-16)25(21(26)15-29-19)14-17-8-10-20(30-17)22(27)24-11-6-12-28-4/h7-10,13H,5-6,11-12,14-15H2,1-4H3,(H,24,27). The molecule has 162 valence electrons. The van der Waals surface area contributed by atoms with Gasteiger partial charge in [0.1, 0.15) is 11.5 Å². The Morgan fingerprint density at radius 2 is 2.07 bits per heavy atom. The number of amides is 2. The Hall–Kier alpha value is -2.80. The average molecular weight is 415 g/mol. The van der Waals surface area contributed by atoms with Crippen LogP contribution in [0.15, 0.2) is 34.7 Å². The molecule has 1 aromatic carbocycles. The lowest BCUT2D eigenvalue weighted by atomic mass is 9.82. The van der Waals surface area contributed by atoms with Gasteiger partial charge in [-0.3, -0.25) is 14.5 Å². The zero-order valence-electron chi connectivity index (χ0n) is 18.1. The van der Waals surface area contributed by atoms with Gasteiger partial charge >= 0.3 is 0 Å². The summed E-state index contributed by atoms with van der Waals surface area (Å²) >= 11 is 0. The number of carbonyl (C=O) groups excluding carboxylic acids is 2. The number of anilines is 1. The molecular formula is C23H30N2O5. The van der Waals surface area contributed by atoms with Gasteiger partial charge in [0.25, 0.3) is 11.8 Å². The topological polar surface area (TPSA) is 81.0 Å². The van der Waals surface area contributed by atoms with E-state index in [0.29, 0.717) is 24.7 Å². The summed E-state index contributed by atoms with van der Waals surface area (Å²) in [6.45, 7) is 7.80. The average Bonchev–Trinajstić information content (AvgIpc) is 3.21. The summed E-state index contributed by atoms with van der Waals surface area (Å²) in [5.74, 6) is 1.02. The molecule has 3 rings (SSSR count). The molecule has 2 heterocycles. The number of benzene rings is 1. The van der Waals surface area contributed by atoms with Crippen LogP contribution in [0.2, 0.25) is 0 Å². The van der Waals surface area contributed by atoms with Crippen molar-refractivity contribution < 1.29 is 23.5 Å². The van der Waals surface area contributed by atoms with Crippen LogP contribution in [0.3, 0.4) is 0 Å². The fourth-order valence-electron chi connectivity index (χ4n) is 3.25. The third-order valence-electron chi connectivity index (χ3n) is 5.58. The molecule has 1 aromatic heterocycles. The van der Waals surface area contributed by atoms with Gasteiger partial charge in [-0.2, -0.15) is 0 Å². The first-order valence-electron chi connectivity index (χ1n) is 10.3. The van der Waals surface area contributed by atoms with Crippen molar-refractivity contribution >= 4 is 17.5 Å². The normalized spacial score (nSPS) is 13.7. The van der Waals surface area contributed by atoms with Crippen LogP contribution in [0, 0.1) is 0 Å². The van der Waals surface area contributed by atoms with Crippen molar-refractivity contribution in [2.45, 2.75) is 45.6 Å². The van der Waals surface area contributed by atoms with Crippen LogP contribution >= 0.6 is 0 Å². The quantitative estimate of drug-likeness (QED) is 0.634. The number of nitrogens with one attached hydrogen (secondary N) is 1. The van der Waals surface area contributed by atoms with Crippen molar-refractivity contribution in [1.29, 1.82) is 0 Å². The summed E-state index contributed by atoms with van der Waals surface area (Å²) < 4.78 is 16.3. The molecule has 0 unspecified atom stereocenters. The Morgan fingerprint density at radius 3 is 2.80 bits per heavy atom. The number of fused-ring (bicyclic) bond motifs is 1. The predicted molar refractivity (Wildman–Crippen MR) is 114 cm³/mol. The first-order chi connectivity index (χ1) is 14.4. The number of ether oxygens (including phenoxy) is 2. The van der Waals surface area contributed by atoms with Crippen LogP contribution in [0.25, 0.3) is 0 Å². The lowest BCUT2D eigenvalue weighted by Gasteiger charge is -2.31. The van der Waals surface area contributed by atoms with Gasteiger partial charge in [-0.05, 0) is 48.1 Å². The SMILES string of the molecule is CCC(C)(C)c1ccc2c(c1)N(Cc1ccc(C(=O)NCCCOC)o1)C(=O)CO2. The zero-order chi connectivity index (χ0) is 21.7. The van der Waals surface area contributed by atoms with Crippen molar-refractivity contribution in [2.75, 3.05) is 31.8 Å². The molecule has 7 nitrogen and oxygen atoms in total. The van der Waals surface area contributed by atoms with Crippen molar-refractivity contribution in [2.24, 2.45) is 0 Å². The maximum Gasteiger partial charge on any atom is 0.286 e. The number of rotatable bonds is 9. The monoisotopic (exact) mass is 414 g/mol. The van der Waals surface area contributed by atoms with Crippen LogP contribution in [-0.2, 0) is 21.5 Å². The highest BCUT2D eigenvalue weighted by molar-refractivity contribution is 5.98. The highest BCUT2D eigenvalue weighted by Gasteiger charge is 2.29. The number of nitrogens with zero attached hydrogens (tertiary/aromatic N) is 1. The van der Waals surface area contributed by atoms with E-state index in [0.717, 1.165) is 24.1 Å². The minimum atomic E-state index is -0.280. The van der Waals surface area contributed by atoms with Gasteiger partial charge in [-0.1, -0.05) is 26.8 Å². The minimum Gasteiger partial charge on any atom is -0.482 e. The van der Waals surface area contributed by atoms with E-state index in [2.05, 4.69) is 32.2 Å². The zero-order valence-corrected chi connectivity index (χ0v) is 18.1. The third-order valence-corrected chi connectivity index (χ3v) is 5.58. The molecule has 30 heavy (non-hydrogen) atoms. The number of hydrogen-bond donors (Lipinski definition) is 1. The fourth-order valence-corrected chi connectivity index (χ4v) is 3.25. The Morgan fingerprint density at radius 1 is 1.27 bits per heavy atom. The molecule has 0 aliphatic carbocycles. The van der Waals surface area contributed by atoms with Crippen LogP contribution in [0.1, 0.15) is 55.5 Å². The smallest absolute Gasteiger partial charge is 0.286 e. The van der Waals surface area contributed by atoms with E-state index in [9.17, 15) is 9.59 Å². The maximum absolute atomic E-state index is 12.6. The Bertz CT molecular complexity index is 903. The van der Waals surface area contributed by atoms with Crippen molar-refractivity contribution in [3.8, 4) is 5.75 Å². The van der Waals surface area contributed by atoms with Gasteiger partial charge in [0, 0.05) is 20.3 Å². The van der Waals surface area contributed by atoms with Gasteiger partial charge < -0.3 is 19.2 Å². The molecule has 0 saturated heterocycles. The van der Waals surface area contributed by atoms with E-state index in [1.165, 1.54) is 0 Å². The Balaban J connectivity index is 1.76. The second kappa shape index (κ2) is 9.34. The lowest BCUT2D eigenvalue weighted by molar-refractivity contribution is -0.121. The first kappa shape index (κ1) is 21.9. The van der Waals surface area contributed by atoms with E-state index in [-0.39, 0.29) is 36.1 Å². The van der Waals surface area contributed by atoms with Crippen molar-refractivity contribution in [3.63, 3.8) is 0 Å². The van der Waals surface area contributed by atoms with Crippen LogP contribution in [0.4, 0.5) is 5.69 Å². The maximum atomic E-state index is 12.6. The fraction of sp³-hybridized carbons (Fsp3) is 0.478. The molecule has 7 heteroatoms. The van der Waals surface area contributed by atoms with Gasteiger partial charge in [0.05, 0.1) is 12.2 Å². The lowest BCUT2D eigenvalue weighted by Crippen LogP contribution is -2.38. The molecule has 0 bridgehead atoms. The molecule has 1 N–H and O–H groups in total. The molecule has 1 aliphatic heterocycles. The number of carbonyl (C=O) groups is 2. The summed E-state index contributed by atoms with van der Waals surface area (Å²) in [5.41, 5.74) is 1.86. The largest absolute Gasteiger partial charge is 0.482 e. The van der Waals surface area contributed by atoms with E-state index in [1.807, 2.05) is 12.1 Å². The molecule has 0 saturated carbocycles. The third kappa shape index (κ3) is 4.84.